The van der Waals surface area contributed by atoms with Crippen molar-refractivity contribution in [2.75, 3.05) is 11.9 Å². The molecule has 0 unspecified atom stereocenters. The third-order valence-electron chi connectivity index (χ3n) is 4.16. The molecule has 4 heteroatoms. The third kappa shape index (κ3) is 2.78. The molecule has 3 nitrogen and oxygen atoms in total. The molecule has 2 aromatic carbocycles. The first-order valence-electron chi connectivity index (χ1n) is 8.12. The van der Waals surface area contributed by atoms with Crippen molar-refractivity contribution < 1.29 is 4.74 Å². The average Bonchev–Trinajstić information content (AvgIpc) is 2.96. The standard InChI is InChI=1S/C20H20N2OS/c1-13-18(22-19(24-13)14-7-5-4-6-8-14)15-9-10-17-16(11-15)21-12-20(2,3)23-17/h4-11,21H,12H2,1-3H3. The van der Waals surface area contributed by atoms with Gasteiger partial charge in [-0.2, -0.15) is 0 Å². The molecule has 0 saturated heterocycles. The van der Waals surface area contributed by atoms with E-state index >= 15 is 0 Å². The zero-order valence-electron chi connectivity index (χ0n) is 14.1. The van der Waals surface area contributed by atoms with Gasteiger partial charge in [0.05, 0.1) is 17.9 Å². The van der Waals surface area contributed by atoms with Crippen LogP contribution in [0.1, 0.15) is 18.7 Å². The molecule has 0 amide bonds. The number of benzene rings is 2. The molecule has 0 aliphatic carbocycles. The molecule has 24 heavy (non-hydrogen) atoms. The van der Waals surface area contributed by atoms with Crippen LogP contribution in [0.2, 0.25) is 0 Å². The van der Waals surface area contributed by atoms with Crippen molar-refractivity contribution >= 4 is 17.0 Å². The second kappa shape index (κ2) is 5.64. The number of aromatic nitrogens is 1. The Morgan fingerprint density at radius 2 is 1.88 bits per heavy atom. The topological polar surface area (TPSA) is 34.2 Å². The van der Waals surface area contributed by atoms with Crippen LogP contribution in [0.15, 0.2) is 48.5 Å². The van der Waals surface area contributed by atoms with Crippen LogP contribution in [0.4, 0.5) is 5.69 Å². The summed E-state index contributed by atoms with van der Waals surface area (Å²) < 4.78 is 6.03. The minimum absolute atomic E-state index is 0.175. The van der Waals surface area contributed by atoms with Crippen molar-refractivity contribution in [2.45, 2.75) is 26.4 Å². The van der Waals surface area contributed by atoms with Gasteiger partial charge in [-0.1, -0.05) is 30.3 Å². The number of aryl methyl sites for hydroxylation is 1. The number of thiazole rings is 1. The maximum Gasteiger partial charge on any atom is 0.143 e. The van der Waals surface area contributed by atoms with Crippen molar-refractivity contribution in [2.24, 2.45) is 0 Å². The lowest BCUT2D eigenvalue weighted by Gasteiger charge is -2.33. The third-order valence-corrected chi connectivity index (χ3v) is 5.18. The van der Waals surface area contributed by atoms with Crippen LogP contribution in [0, 0.1) is 6.92 Å². The molecule has 1 aliphatic rings. The fourth-order valence-corrected chi connectivity index (χ4v) is 3.86. The first-order valence-corrected chi connectivity index (χ1v) is 8.94. The van der Waals surface area contributed by atoms with Gasteiger partial charge in [-0.05, 0) is 39.0 Å². The minimum atomic E-state index is -0.175. The number of rotatable bonds is 2. The number of nitrogens with zero attached hydrogens (tertiary/aromatic N) is 1. The predicted molar refractivity (Wildman–Crippen MR) is 101 cm³/mol. The van der Waals surface area contributed by atoms with Gasteiger partial charge in [0.2, 0.25) is 0 Å². The maximum absolute atomic E-state index is 6.03. The second-order valence-corrected chi connectivity index (χ2v) is 7.92. The molecule has 0 saturated carbocycles. The summed E-state index contributed by atoms with van der Waals surface area (Å²) in [6.45, 7) is 7.11. The molecule has 122 valence electrons. The zero-order valence-corrected chi connectivity index (χ0v) is 14.9. The van der Waals surface area contributed by atoms with E-state index in [1.807, 2.05) is 24.3 Å². The van der Waals surface area contributed by atoms with E-state index in [0.717, 1.165) is 39.8 Å². The maximum atomic E-state index is 6.03. The van der Waals surface area contributed by atoms with Gasteiger partial charge in [-0.25, -0.2) is 4.98 Å². The summed E-state index contributed by atoms with van der Waals surface area (Å²) in [6, 6.07) is 16.6. The van der Waals surface area contributed by atoms with E-state index in [1.54, 1.807) is 11.3 Å². The Bertz CT molecular complexity index is 884. The number of hydrogen-bond acceptors (Lipinski definition) is 4. The summed E-state index contributed by atoms with van der Waals surface area (Å²) in [7, 11) is 0. The molecule has 1 aliphatic heterocycles. The zero-order chi connectivity index (χ0) is 16.7. The van der Waals surface area contributed by atoms with Crippen LogP contribution >= 0.6 is 11.3 Å². The summed E-state index contributed by atoms with van der Waals surface area (Å²) in [6.07, 6.45) is 0. The van der Waals surface area contributed by atoms with Crippen molar-refractivity contribution in [1.82, 2.24) is 4.98 Å². The highest BCUT2D eigenvalue weighted by atomic mass is 32.1. The van der Waals surface area contributed by atoms with Gasteiger partial charge in [-0.3, -0.25) is 0 Å². The molecule has 1 N–H and O–H groups in total. The van der Waals surface area contributed by atoms with Crippen molar-refractivity contribution in [3.05, 3.63) is 53.4 Å². The summed E-state index contributed by atoms with van der Waals surface area (Å²) in [5.74, 6) is 0.908. The molecule has 2 heterocycles. The quantitative estimate of drug-likeness (QED) is 0.683. The molecule has 0 spiro atoms. The van der Waals surface area contributed by atoms with Crippen LogP contribution < -0.4 is 10.1 Å². The van der Waals surface area contributed by atoms with Gasteiger partial charge in [-0.15, -0.1) is 11.3 Å². The van der Waals surface area contributed by atoms with Crippen LogP contribution in [-0.2, 0) is 0 Å². The Morgan fingerprint density at radius 1 is 1.08 bits per heavy atom. The molecule has 1 aromatic heterocycles. The van der Waals surface area contributed by atoms with Crippen LogP contribution in [0.25, 0.3) is 21.8 Å². The Labute approximate surface area is 146 Å². The molecule has 4 rings (SSSR count). The van der Waals surface area contributed by atoms with Crippen LogP contribution in [0.5, 0.6) is 5.75 Å². The van der Waals surface area contributed by atoms with Gasteiger partial charge < -0.3 is 10.1 Å². The van der Waals surface area contributed by atoms with E-state index in [0.29, 0.717) is 0 Å². The van der Waals surface area contributed by atoms with Gasteiger partial charge in [0.15, 0.2) is 0 Å². The van der Waals surface area contributed by atoms with E-state index in [2.05, 4.69) is 50.4 Å². The lowest BCUT2D eigenvalue weighted by atomic mass is 10.0. The Morgan fingerprint density at radius 3 is 2.67 bits per heavy atom. The Kier molecular flexibility index (Phi) is 3.57. The average molecular weight is 336 g/mol. The Balaban J connectivity index is 1.71. The molecule has 0 fully saturated rings. The largest absolute Gasteiger partial charge is 0.484 e. The monoisotopic (exact) mass is 336 g/mol. The molecular formula is C20H20N2OS. The first kappa shape index (κ1) is 15.2. The van der Waals surface area contributed by atoms with Gasteiger partial charge in [0.25, 0.3) is 0 Å². The van der Waals surface area contributed by atoms with Gasteiger partial charge >= 0.3 is 0 Å². The summed E-state index contributed by atoms with van der Waals surface area (Å²) >= 11 is 1.74. The molecular weight excluding hydrogens is 316 g/mol. The number of fused-ring (bicyclic) bond motifs is 1. The lowest BCUT2D eigenvalue weighted by molar-refractivity contribution is 0.116. The van der Waals surface area contributed by atoms with E-state index < -0.39 is 0 Å². The SMILES string of the molecule is Cc1sc(-c2ccccc2)nc1-c1ccc2c(c1)NCC(C)(C)O2. The summed E-state index contributed by atoms with van der Waals surface area (Å²) in [4.78, 5) is 6.11. The second-order valence-electron chi connectivity index (χ2n) is 6.72. The minimum Gasteiger partial charge on any atom is -0.484 e. The highest BCUT2D eigenvalue weighted by molar-refractivity contribution is 7.15. The smallest absolute Gasteiger partial charge is 0.143 e. The summed E-state index contributed by atoms with van der Waals surface area (Å²) in [5.41, 5.74) is 4.21. The number of anilines is 1. The highest BCUT2D eigenvalue weighted by Crippen LogP contribution is 2.39. The van der Waals surface area contributed by atoms with Crippen molar-refractivity contribution in [1.29, 1.82) is 0 Å². The van der Waals surface area contributed by atoms with Crippen LogP contribution in [0.3, 0.4) is 0 Å². The fourth-order valence-electron chi connectivity index (χ4n) is 2.91. The predicted octanol–water partition coefficient (Wildman–Crippen LogP) is 5.37. The van der Waals surface area contributed by atoms with Gasteiger partial charge in [0.1, 0.15) is 16.4 Å². The lowest BCUT2D eigenvalue weighted by Crippen LogP contribution is -2.39. The number of ether oxygens (including phenoxy) is 1. The van der Waals surface area contributed by atoms with Crippen molar-refractivity contribution in [3.8, 4) is 27.6 Å². The van der Waals surface area contributed by atoms with E-state index in [4.69, 9.17) is 9.72 Å². The molecule has 3 aromatic rings. The van der Waals surface area contributed by atoms with Crippen molar-refractivity contribution in [3.63, 3.8) is 0 Å². The Hall–Kier alpha value is -2.33. The normalized spacial score (nSPS) is 15.3. The van der Waals surface area contributed by atoms with Crippen LogP contribution in [-0.4, -0.2) is 17.1 Å². The van der Waals surface area contributed by atoms with E-state index in [9.17, 15) is 0 Å². The molecule has 0 atom stereocenters. The molecule has 0 bridgehead atoms. The number of nitrogens with one attached hydrogen (secondary N) is 1. The summed E-state index contributed by atoms with van der Waals surface area (Å²) in [5, 5.41) is 4.53. The first-order chi connectivity index (χ1) is 11.5. The van der Waals surface area contributed by atoms with E-state index in [-0.39, 0.29) is 5.60 Å². The van der Waals surface area contributed by atoms with Gasteiger partial charge in [0, 0.05) is 16.0 Å². The highest BCUT2D eigenvalue weighted by Gasteiger charge is 2.26. The fraction of sp³-hybridized carbons (Fsp3) is 0.250. The van der Waals surface area contributed by atoms with E-state index in [1.165, 1.54) is 4.88 Å². The number of hydrogen-bond donors (Lipinski definition) is 1. The molecule has 0 radical (unpaired) electrons.